The fourth-order valence-corrected chi connectivity index (χ4v) is 3.02. The van der Waals surface area contributed by atoms with E-state index in [1.807, 2.05) is 19.1 Å². The SMILES string of the molecule is Cc1ccc(OCc2nn3c(C)nc(=S)nc3s2)cc1C. The van der Waals surface area contributed by atoms with Gasteiger partial charge in [0.2, 0.25) is 9.73 Å². The Bertz CT molecular complexity index is 869. The quantitative estimate of drug-likeness (QED) is 0.693. The lowest BCUT2D eigenvalue weighted by Crippen LogP contribution is -2.01. The van der Waals surface area contributed by atoms with Crippen LogP contribution in [0.25, 0.3) is 4.96 Å². The molecule has 0 amide bonds. The Morgan fingerprint density at radius 3 is 2.76 bits per heavy atom. The molecule has 0 aliphatic rings. The predicted octanol–water partition coefficient (Wildman–Crippen LogP) is 3.42. The molecule has 2 heterocycles. The number of benzene rings is 1. The standard InChI is InChI=1S/C14H14N4OS2/c1-8-4-5-11(6-9(8)2)19-7-12-17-18-10(3)15-13(20)16-14(18)21-12/h4-6H,7H2,1-3H3. The van der Waals surface area contributed by atoms with Crippen LogP contribution in [0, 0.1) is 25.5 Å². The summed E-state index contributed by atoms with van der Waals surface area (Å²) in [4.78, 5) is 9.07. The van der Waals surface area contributed by atoms with Gasteiger partial charge in [0.15, 0.2) is 5.01 Å². The second-order valence-corrected chi connectivity index (χ2v) is 6.18. The molecule has 0 saturated heterocycles. The van der Waals surface area contributed by atoms with Crippen LogP contribution >= 0.6 is 23.6 Å². The van der Waals surface area contributed by atoms with E-state index in [2.05, 4.69) is 35.0 Å². The summed E-state index contributed by atoms with van der Waals surface area (Å²) >= 11 is 6.48. The van der Waals surface area contributed by atoms with Crippen LogP contribution in [-0.2, 0) is 6.61 Å². The third-order valence-electron chi connectivity index (χ3n) is 3.20. The van der Waals surface area contributed by atoms with Gasteiger partial charge in [0.1, 0.15) is 18.2 Å². The Balaban J connectivity index is 1.83. The highest BCUT2D eigenvalue weighted by atomic mass is 32.1. The monoisotopic (exact) mass is 318 g/mol. The second-order valence-electron chi connectivity index (χ2n) is 4.78. The van der Waals surface area contributed by atoms with Crippen LogP contribution in [0.5, 0.6) is 5.75 Å². The molecular weight excluding hydrogens is 304 g/mol. The zero-order valence-corrected chi connectivity index (χ0v) is 13.6. The molecule has 0 radical (unpaired) electrons. The van der Waals surface area contributed by atoms with E-state index < -0.39 is 0 Å². The first-order valence-electron chi connectivity index (χ1n) is 6.46. The highest BCUT2D eigenvalue weighted by molar-refractivity contribution is 7.71. The van der Waals surface area contributed by atoms with E-state index >= 15 is 0 Å². The van der Waals surface area contributed by atoms with Crippen LogP contribution in [-0.4, -0.2) is 19.6 Å². The summed E-state index contributed by atoms with van der Waals surface area (Å²) in [5.74, 6) is 1.58. The molecule has 21 heavy (non-hydrogen) atoms. The molecule has 7 heteroatoms. The number of rotatable bonds is 3. The number of hydrogen-bond acceptors (Lipinski definition) is 6. The minimum absolute atomic E-state index is 0.345. The predicted molar refractivity (Wildman–Crippen MR) is 84.5 cm³/mol. The van der Waals surface area contributed by atoms with Crippen molar-refractivity contribution in [3.05, 3.63) is 44.9 Å². The van der Waals surface area contributed by atoms with Crippen molar-refractivity contribution in [2.45, 2.75) is 27.4 Å². The zero-order chi connectivity index (χ0) is 15.0. The van der Waals surface area contributed by atoms with E-state index in [1.165, 1.54) is 22.5 Å². The summed E-state index contributed by atoms with van der Waals surface area (Å²) in [6.07, 6.45) is 0. The minimum atomic E-state index is 0.345. The first-order valence-corrected chi connectivity index (χ1v) is 7.69. The molecule has 5 nitrogen and oxygen atoms in total. The Labute approximate surface area is 131 Å². The van der Waals surface area contributed by atoms with E-state index in [9.17, 15) is 0 Å². The van der Waals surface area contributed by atoms with Gasteiger partial charge in [-0.3, -0.25) is 0 Å². The molecule has 2 aromatic heterocycles. The second kappa shape index (κ2) is 5.50. The molecule has 0 atom stereocenters. The molecule has 0 aliphatic carbocycles. The molecule has 3 rings (SSSR count). The summed E-state index contributed by atoms with van der Waals surface area (Å²) in [6.45, 7) is 6.41. The van der Waals surface area contributed by atoms with E-state index in [1.54, 1.807) is 4.52 Å². The third-order valence-corrected chi connectivity index (χ3v) is 4.26. The summed E-state index contributed by atoms with van der Waals surface area (Å²) in [5, 5.41) is 5.29. The maximum atomic E-state index is 5.79. The van der Waals surface area contributed by atoms with Gasteiger partial charge in [0.05, 0.1) is 0 Å². The molecular formula is C14H14N4OS2. The van der Waals surface area contributed by atoms with Crippen molar-refractivity contribution < 1.29 is 4.74 Å². The van der Waals surface area contributed by atoms with Gasteiger partial charge in [-0.25, -0.2) is 4.98 Å². The van der Waals surface area contributed by atoms with Crippen molar-refractivity contribution >= 4 is 28.5 Å². The summed E-state index contributed by atoms with van der Waals surface area (Å²) in [5.41, 5.74) is 2.46. The van der Waals surface area contributed by atoms with Crippen LogP contribution < -0.4 is 4.74 Å². The molecule has 1 aromatic carbocycles. The number of hydrogen-bond donors (Lipinski definition) is 0. The Hall–Kier alpha value is -1.86. The van der Waals surface area contributed by atoms with Gasteiger partial charge in [-0.2, -0.15) is 14.6 Å². The van der Waals surface area contributed by atoms with Crippen molar-refractivity contribution in [2.24, 2.45) is 0 Å². The highest BCUT2D eigenvalue weighted by Gasteiger charge is 2.08. The van der Waals surface area contributed by atoms with Crippen molar-refractivity contribution in [1.82, 2.24) is 19.6 Å². The van der Waals surface area contributed by atoms with Crippen LogP contribution in [0.4, 0.5) is 0 Å². The summed E-state index contributed by atoms with van der Waals surface area (Å²) in [6, 6.07) is 6.05. The van der Waals surface area contributed by atoms with Crippen LogP contribution in [0.3, 0.4) is 0 Å². The molecule has 0 N–H and O–H groups in total. The van der Waals surface area contributed by atoms with E-state index in [0.29, 0.717) is 11.4 Å². The molecule has 0 bridgehead atoms. The normalized spacial score (nSPS) is 11.0. The Kier molecular flexibility index (Phi) is 3.69. The largest absolute Gasteiger partial charge is 0.486 e. The van der Waals surface area contributed by atoms with E-state index in [-0.39, 0.29) is 0 Å². The minimum Gasteiger partial charge on any atom is -0.486 e. The lowest BCUT2D eigenvalue weighted by Gasteiger charge is -2.06. The summed E-state index contributed by atoms with van der Waals surface area (Å²) in [7, 11) is 0. The molecule has 0 unspecified atom stereocenters. The van der Waals surface area contributed by atoms with Gasteiger partial charge >= 0.3 is 0 Å². The Morgan fingerprint density at radius 2 is 2.00 bits per heavy atom. The maximum Gasteiger partial charge on any atom is 0.223 e. The van der Waals surface area contributed by atoms with Crippen LogP contribution in [0.15, 0.2) is 18.2 Å². The maximum absolute atomic E-state index is 5.79. The average molecular weight is 318 g/mol. The number of fused-ring (bicyclic) bond motifs is 1. The number of aryl methyl sites for hydroxylation is 3. The lowest BCUT2D eigenvalue weighted by atomic mass is 10.1. The van der Waals surface area contributed by atoms with Gasteiger partial charge in [0.25, 0.3) is 0 Å². The fourth-order valence-electron chi connectivity index (χ4n) is 1.90. The molecule has 0 saturated carbocycles. The van der Waals surface area contributed by atoms with Gasteiger partial charge in [-0.1, -0.05) is 17.4 Å². The number of aromatic nitrogens is 4. The van der Waals surface area contributed by atoms with Gasteiger partial charge < -0.3 is 4.74 Å². The smallest absolute Gasteiger partial charge is 0.223 e. The van der Waals surface area contributed by atoms with Gasteiger partial charge in [0, 0.05) is 0 Å². The van der Waals surface area contributed by atoms with Crippen molar-refractivity contribution in [3.63, 3.8) is 0 Å². The lowest BCUT2D eigenvalue weighted by molar-refractivity contribution is 0.303. The Morgan fingerprint density at radius 1 is 1.19 bits per heavy atom. The topological polar surface area (TPSA) is 52.3 Å². The zero-order valence-electron chi connectivity index (χ0n) is 12.0. The number of ether oxygens (including phenoxy) is 1. The molecule has 108 valence electrons. The van der Waals surface area contributed by atoms with E-state index in [0.717, 1.165) is 21.5 Å². The van der Waals surface area contributed by atoms with Crippen molar-refractivity contribution in [1.29, 1.82) is 0 Å². The third kappa shape index (κ3) is 2.93. The first-order chi connectivity index (χ1) is 10.0. The van der Waals surface area contributed by atoms with Crippen molar-refractivity contribution in [3.8, 4) is 5.75 Å². The van der Waals surface area contributed by atoms with Gasteiger partial charge in [-0.05, 0) is 56.2 Å². The fraction of sp³-hybridized carbons (Fsp3) is 0.286. The summed E-state index contributed by atoms with van der Waals surface area (Å²) < 4.78 is 7.83. The molecule has 3 aromatic rings. The molecule has 0 fully saturated rings. The first kappa shape index (κ1) is 14.1. The van der Waals surface area contributed by atoms with E-state index in [4.69, 9.17) is 17.0 Å². The van der Waals surface area contributed by atoms with Crippen molar-refractivity contribution in [2.75, 3.05) is 0 Å². The molecule has 0 spiro atoms. The van der Waals surface area contributed by atoms with Crippen LogP contribution in [0.2, 0.25) is 0 Å². The number of nitrogens with zero attached hydrogens (tertiary/aromatic N) is 4. The van der Waals surface area contributed by atoms with Crippen LogP contribution in [0.1, 0.15) is 22.0 Å². The van der Waals surface area contributed by atoms with Gasteiger partial charge in [-0.15, -0.1) is 0 Å². The molecule has 0 aliphatic heterocycles. The average Bonchev–Trinajstić information content (AvgIpc) is 2.83. The highest BCUT2D eigenvalue weighted by Crippen LogP contribution is 2.19.